The van der Waals surface area contributed by atoms with Gasteiger partial charge in [0.2, 0.25) is 5.91 Å². The molecule has 2 aliphatic heterocycles. The Morgan fingerprint density at radius 3 is 2.88 bits per heavy atom. The van der Waals surface area contributed by atoms with E-state index in [4.69, 9.17) is 4.74 Å². The highest BCUT2D eigenvalue weighted by Crippen LogP contribution is 2.35. The first-order chi connectivity index (χ1) is 15.6. The summed E-state index contributed by atoms with van der Waals surface area (Å²) in [7, 11) is 0. The van der Waals surface area contributed by atoms with Crippen LogP contribution in [0, 0.1) is 17.8 Å². The Morgan fingerprint density at radius 1 is 1.31 bits per heavy atom. The van der Waals surface area contributed by atoms with Gasteiger partial charge in [-0.15, -0.1) is 5.92 Å². The molecule has 1 fully saturated rings. The quantitative estimate of drug-likeness (QED) is 0.656. The van der Waals surface area contributed by atoms with E-state index >= 15 is 0 Å². The van der Waals surface area contributed by atoms with Crippen molar-refractivity contribution in [3.8, 4) is 11.8 Å². The lowest BCUT2D eigenvalue weighted by atomic mass is 9.94. The van der Waals surface area contributed by atoms with Crippen LogP contribution in [-0.2, 0) is 22.5 Å². The number of carbonyl (C=O) groups excluding carboxylic acids is 1. The molecule has 1 aromatic carbocycles. The van der Waals surface area contributed by atoms with Gasteiger partial charge in [-0.05, 0) is 42.9 Å². The number of benzene rings is 1. The molecular weight excluding hydrogens is 400 g/mol. The molecule has 6 nitrogen and oxygen atoms in total. The molecule has 2 unspecified atom stereocenters. The average molecular weight is 437 g/mol. The molecular formula is C26H36N4O2. The molecule has 172 valence electrons. The highest BCUT2D eigenvalue weighted by atomic mass is 16.5. The van der Waals surface area contributed by atoms with Gasteiger partial charge in [0.15, 0.2) is 0 Å². The van der Waals surface area contributed by atoms with E-state index in [0.29, 0.717) is 25.4 Å². The van der Waals surface area contributed by atoms with Crippen molar-refractivity contribution >= 4 is 16.8 Å². The fourth-order valence-corrected chi connectivity index (χ4v) is 4.94. The molecule has 2 aliphatic rings. The van der Waals surface area contributed by atoms with E-state index in [1.165, 1.54) is 22.0 Å². The number of carbonyl (C=O) groups is 1. The standard InChI is InChI=1S/C26H36N4O2/c1-4-5-10-30-18-20-17-23(26(31)27-9-11-29-12-14-32-15-13-29)28-22(16-19(2)3)21-7-6-8-24(30)25(20)21/h6-8,18-19,22-23,28H,9-17H2,1-3H3,(H,27,31). The van der Waals surface area contributed by atoms with Gasteiger partial charge in [-0.3, -0.25) is 15.0 Å². The number of nitrogens with zero attached hydrogens (tertiary/aromatic N) is 2. The predicted molar refractivity (Wildman–Crippen MR) is 128 cm³/mol. The monoisotopic (exact) mass is 436 g/mol. The lowest BCUT2D eigenvalue weighted by Gasteiger charge is -2.28. The van der Waals surface area contributed by atoms with Gasteiger partial charge in [0.25, 0.3) is 0 Å². The third-order valence-electron chi connectivity index (χ3n) is 6.50. The van der Waals surface area contributed by atoms with Gasteiger partial charge >= 0.3 is 0 Å². The van der Waals surface area contributed by atoms with E-state index < -0.39 is 0 Å². The molecule has 1 saturated heterocycles. The van der Waals surface area contributed by atoms with E-state index in [-0.39, 0.29) is 18.0 Å². The summed E-state index contributed by atoms with van der Waals surface area (Å²) in [6.07, 6.45) is 3.89. The normalized spacial score (nSPS) is 21.2. The lowest BCUT2D eigenvalue weighted by molar-refractivity contribution is -0.123. The Bertz CT molecular complexity index is 994. The average Bonchev–Trinajstić information content (AvgIpc) is 3.06. The highest BCUT2D eigenvalue weighted by Gasteiger charge is 2.30. The van der Waals surface area contributed by atoms with Gasteiger partial charge in [0.1, 0.15) is 0 Å². The minimum atomic E-state index is -0.243. The molecule has 0 spiro atoms. The number of hydrogen-bond donors (Lipinski definition) is 2. The first kappa shape index (κ1) is 22.8. The highest BCUT2D eigenvalue weighted by molar-refractivity contribution is 5.90. The van der Waals surface area contributed by atoms with Gasteiger partial charge in [-0.2, -0.15) is 0 Å². The molecule has 2 N–H and O–H groups in total. The van der Waals surface area contributed by atoms with Crippen molar-refractivity contribution in [1.29, 1.82) is 0 Å². The second kappa shape index (κ2) is 10.5. The zero-order valence-corrected chi connectivity index (χ0v) is 19.6. The van der Waals surface area contributed by atoms with Crippen LogP contribution in [0.25, 0.3) is 10.9 Å². The van der Waals surface area contributed by atoms with Crippen molar-refractivity contribution in [2.75, 3.05) is 39.4 Å². The predicted octanol–water partition coefficient (Wildman–Crippen LogP) is 2.71. The summed E-state index contributed by atoms with van der Waals surface area (Å²) in [5, 5.41) is 8.19. The largest absolute Gasteiger partial charge is 0.379 e. The number of ether oxygens (including phenoxy) is 1. The molecule has 6 heteroatoms. The van der Waals surface area contributed by atoms with Gasteiger partial charge in [-0.1, -0.05) is 31.9 Å². The van der Waals surface area contributed by atoms with E-state index in [0.717, 1.165) is 39.3 Å². The van der Waals surface area contributed by atoms with Crippen LogP contribution in [0.3, 0.4) is 0 Å². The lowest BCUT2D eigenvalue weighted by Crippen LogP contribution is -2.48. The molecule has 0 saturated carbocycles. The van der Waals surface area contributed by atoms with Crippen LogP contribution in [0.4, 0.5) is 0 Å². The van der Waals surface area contributed by atoms with E-state index in [1.54, 1.807) is 0 Å². The molecule has 2 atom stereocenters. The molecule has 0 bridgehead atoms. The number of amides is 1. The van der Waals surface area contributed by atoms with Crippen LogP contribution in [0.2, 0.25) is 0 Å². The second-order valence-corrected chi connectivity index (χ2v) is 9.30. The van der Waals surface area contributed by atoms with Gasteiger partial charge in [-0.25, -0.2) is 0 Å². The fraction of sp³-hybridized carbons (Fsp3) is 0.577. The zero-order chi connectivity index (χ0) is 22.5. The van der Waals surface area contributed by atoms with Crippen LogP contribution < -0.4 is 10.6 Å². The number of aromatic nitrogens is 1. The summed E-state index contributed by atoms with van der Waals surface area (Å²) < 4.78 is 7.65. The molecule has 0 aliphatic carbocycles. The smallest absolute Gasteiger partial charge is 0.237 e. The van der Waals surface area contributed by atoms with Crippen LogP contribution >= 0.6 is 0 Å². The maximum absolute atomic E-state index is 13.2. The number of nitrogens with one attached hydrogen (secondary N) is 2. The first-order valence-electron chi connectivity index (χ1n) is 11.9. The van der Waals surface area contributed by atoms with Gasteiger partial charge < -0.3 is 14.6 Å². The summed E-state index contributed by atoms with van der Waals surface area (Å²) in [5.41, 5.74) is 3.75. The molecule has 0 radical (unpaired) electrons. The molecule has 32 heavy (non-hydrogen) atoms. The summed E-state index contributed by atoms with van der Waals surface area (Å²) in [6.45, 7) is 12.0. The summed E-state index contributed by atoms with van der Waals surface area (Å²) in [4.78, 5) is 15.6. The van der Waals surface area contributed by atoms with Gasteiger partial charge in [0, 0.05) is 49.3 Å². The molecule has 2 aromatic rings. The Balaban J connectivity index is 1.55. The topological polar surface area (TPSA) is 58.5 Å². The Labute approximate surface area is 191 Å². The molecule has 1 amide bonds. The van der Waals surface area contributed by atoms with E-state index in [2.05, 4.69) is 70.2 Å². The molecule has 4 rings (SSSR count). The van der Waals surface area contributed by atoms with Crippen molar-refractivity contribution in [3.63, 3.8) is 0 Å². The summed E-state index contributed by atoms with van der Waals surface area (Å²) >= 11 is 0. The molecule has 1 aromatic heterocycles. The van der Waals surface area contributed by atoms with Crippen molar-refractivity contribution in [1.82, 2.24) is 20.1 Å². The van der Waals surface area contributed by atoms with Crippen LogP contribution in [0.1, 0.15) is 44.4 Å². The fourth-order valence-electron chi connectivity index (χ4n) is 4.94. The van der Waals surface area contributed by atoms with E-state index in [1.807, 2.05) is 6.92 Å². The van der Waals surface area contributed by atoms with Crippen LogP contribution in [-0.4, -0.2) is 60.8 Å². The van der Waals surface area contributed by atoms with E-state index in [9.17, 15) is 4.79 Å². The Morgan fingerprint density at radius 2 is 2.12 bits per heavy atom. The molecule has 3 heterocycles. The zero-order valence-electron chi connectivity index (χ0n) is 19.6. The van der Waals surface area contributed by atoms with Crippen LogP contribution in [0.15, 0.2) is 24.4 Å². The number of morpholine rings is 1. The second-order valence-electron chi connectivity index (χ2n) is 9.30. The number of hydrogen-bond acceptors (Lipinski definition) is 4. The number of rotatable bonds is 7. The summed E-state index contributed by atoms with van der Waals surface area (Å²) in [6, 6.07) is 6.44. The van der Waals surface area contributed by atoms with Crippen molar-refractivity contribution < 1.29 is 9.53 Å². The minimum Gasteiger partial charge on any atom is -0.379 e. The summed E-state index contributed by atoms with van der Waals surface area (Å²) in [5.74, 6) is 6.82. The van der Waals surface area contributed by atoms with Gasteiger partial charge in [0.05, 0.1) is 25.8 Å². The maximum atomic E-state index is 13.2. The van der Waals surface area contributed by atoms with Crippen molar-refractivity contribution in [2.45, 2.75) is 52.2 Å². The SMILES string of the molecule is CC#CCn1cc2c3c(cccc31)C(CC(C)C)NC(C(=O)NCCN1CCOCC1)C2. The van der Waals surface area contributed by atoms with Crippen molar-refractivity contribution in [2.24, 2.45) is 5.92 Å². The maximum Gasteiger partial charge on any atom is 0.237 e. The van der Waals surface area contributed by atoms with Crippen molar-refractivity contribution in [3.05, 3.63) is 35.5 Å². The van der Waals surface area contributed by atoms with Crippen LogP contribution in [0.5, 0.6) is 0 Å². The Kier molecular flexibility index (Phi) is 7.51. The third-order valence-corrected chi connectivity index (χ3v) is 6.50. The first-order valence-corrected chi connectivity index (χ1v) is 11.9. The Hall–Kier alpha value is -2.33. The third kappa shape index (κ3) is 5.17. The minimum absolute atomic E-state index is 0.0917.